The minimum atomic E-state index is -0.379. The number of hydrogen-bond acceptors (Lipinski definition) is 5. The zero-order valence-electron chi connectivity index (χ0n) is 10.3. The number of rotatable bonds is 5. The molecule has 0 aromatic carbocycles. The summed E-state index contributed by atoms with van der Waals surface area (Å²) in [4.78, 5) is 41.4. The summed E-state index contributed by atoms with van der Waals surface area (Å²) in [6, 6.07) is 0. The third-order valence-electron chi connectivity index (χ3n) is 2.37. The van der Waals surface area contributed by atoms with Crippen LogP contribution in [0.3, 0.4) is 0 Å². The predicted octanol–water partition coefficient (Wildman–Crippen LogP) is -0.205. The number of ether oxygens (including phenoxy) is 1. The molecule has 0 spiro atoms. The fourth-order valence-corrected chi connectivity index (χ4v) is 1.35. The maximum Gasteiger partial charge on any atom is 0.307 e. The Morgan fingerprint density at radius 2 is 2.22 bits per heavy atom. The first kappa shape index (κ1) is 13.9. The third-order valence-corrected chi connectivity index (χ3v) is 2.37. The van der Waals surface area contributed by atoms with Gasteiger partial charge >= 0.3 is 5.97 Å². The molecule has 1 amide bonds. The quantitative estimate of drug-likeness (QED) is 0.733. The molecule has 0 saturated carbocycles. The fraction of sp³-hybridized carbons (Fsp3) is 0.455. The Labute approximate surface area is 104 Å². The lowest BCUT2D eigenvalue weighted by atomic mass is 10.3. The van der Waals surface area contributed by atoms with Gasteiger partial charge in [-0.15, -0.1) is 0 Å². The molecule has 0 aliphatic rings. The molecule has 0 aliphatic carbocycles. The van der Waals surface area contributed by atoms with Crippen molar-refractivity contribution in [3.8, 4) is 0 Å². The van der Waals surface area contributed by atoms with Gasteiger partial charge in [-0.2, -0.15) is 0 Å². The van der Waals surface area contributed by atoms with Crippen molar-refractivity contribution in [2.45, 2.75) is 13.3 Å². The van der Waals surface area contributed by atoms with Crippen LogP contribution in [0.2, 0.25) is 0 Å². The molecule has 1 aromatic rings. The van der Waals surface area contributed by atoms with Crippen molar-refractivity contribution in [1.29, 1.82) is 0 Å². The lowest BCUT2D eigenvalue weighted by molar-refractivity contribution is -0.140. The second kappa shape index (κ2) is 6.53. The summed E-state index contributed by atoms with van der Waals surface area (Å²) in [6.07, 6.45) is 2.42. The molecule has 0 unspecified atom stereocenters. The van der Waals surface area contributed by atoms with Crippen molar-refractivity contribution in [3.05, 3.63) is 28.4 Å². The number of aromatic nitrogens is 2. The summed E-state index contributed by atoms with van der Waals surface area (Å²) >= 11 is 0. The van der Waals surface area contributed by atoms with Crippen LogP contribution in [-0.2, 0) is 9.53 Å². The minimum Gasteiger partial charge on any atom is -0.469 e. The standard InChI is InChI=1S/C11H15N3O4/c1-3-14(5-4-10(16)18-2)11(17)8-6-13-9(15)7-12-8/h6-7H,3-5H2,1-2H3,(H,13,15). The first-order valence-electron chi connectivity index (χ1n) is 5.49. The number of esters is 1. The van der Waals surface area contributed by atoms with Crippen molar-refractivity contribution in [3.63, 3.8) is 0 Å². The van der Waals surface area contributed by atoms with Crippen LogP contribution >= 0.6 is 0 Å². The molecule has 0 radical (unpaired) electrons. The molecule has 0 bridgehead atoms. The van der Waals surface area contributed by atoms with E-state index in [1.54, 1.807) is 6.92 Å². The van der Waals surface area contributed by atoms with E-state index in [0.717, 1.165) is 6.20 Å². The molecule has 1 heterocycles. The Bertz CT molecular complexity index is 463. The van der Waals surface area contributed by atoms with E-state index in [9.17, 15) is 14.4 Å². The SMILES string of the molecule is CCN(CCC(=O)OC)C(=O)c1c[nH]c(=O)cn1. The van der Waals surface area contributed by atoms with Crippen LogP contribution in [-0.4, -0.2) is 46.9 Å². The van der Waals surface area contributed by atoms with Crippen LogP contribution in [0.15, 0.2) is 17.2 Å². The van der Waals surface area contributed by atoms with Crippen LogP contribution in [0.25, 0.3) is 0 Å². The minimum absolute atomic E-state index is 0.124. The lowest BCUT2D eigenvalue weighted by Gasteiger charge is -2.19. The maximum absolute atomic E-state index is 12.0. The largest absolute Gasteiger partial charge is 0.469 e. The van der Waals surface area contributed by atoms with Crippen LogP contribution in [0.1, 0.15) is 23.8 Å². The molecule has 0 atom stereocenters. The number of carbonyl (C=O) groups is 2. The van der Waals surface area contributed by atoms with Gasteiger partial charge in [0.05, 0.1) is 19.7 Å². The zero-order valence-corrected chi connectivity index (χ0v) is 10.3. The number of aromatic amines is 1. The predicted molar refractivity (Wildman–Crippen MR) is 63.1 cm³/mol. The van der Waals surface area contributed by atoms with E-state index in [4.69, 9.17) is 0 Å². The summed E-state index contributed by atoms with van der Waals surface area (Å²) in [5, 5.41) is 0. The highest BCUT2D eigenvalue weighted by atomic mass is 16.5. The second-order valence-corrected chi connectivity index (χ2v) is 3.51. The highest BCUT2D eigenvalue weighted by Crippen LogP contribution is 2.01. The second-order valence-electron chi connectivity index (χ2n) is 3.51. The Morgan fingerprint density at radius 1 is 1.50 bits per heavy atom. The van der Waals surface area contributed by atoms with Gasteiger partial charge in [-0.1, -0.05) is 0 Å². The van der Waals surface area contributed by atoms with Gasteiger partial charge < -0.3 is 14.6 Å². The van der Waals surface area contributed by atoms with Gasteiger partial charge in [-0.05, 0) is 6.92 Å². The smallest absolute Gasteiger partial charge is 0.307 e. The van der Waals surface area contributed by atoms with Gasteiger partial charge in [0, 0.05) is 19.3 Å². The summed E-state index contributed by atoms with van der Waals surface area (Å²) in [5.41, 5.74) is -0.231. The van der Waals surface area contributed by atoms with E-state index >= 15 is 0 Å². The number of methoxy groups -OCH3 is 1. The average molecular weight is 253 g/mol. The Kier molecular flexibility index (Phi) is 5.04. The molecule has 0 aliphatic heterocycles. The summed E-state index contributed by atoms with van der Waals surface area (Å²) in [7, 11) is 1.30. The number of carbonyl (C=O) groups excluding carboxylic acids is 2. The molecular weight excluding hydrogens is 238 g/mol. The van der Waals surface area contributed by atoms with E-state index in [1.807, 2.05) is 0 Å². The molecule has 7 nitrogen and oxygen atoms in total. The molecule has 0 fully saturated rings. The van der Waals surface area contributed by atoms with Crippen molar-refractivity contribution in [1.82, 2.24) is 14.9 Å². The fourth-order valence-electron chi connectivity index (χ4n) is 1.35. The number of hydrogen-bond donors (Lipinski definition) is 1. The third kappa shape index (κ3) is 3.69. The topological polar surface area (TPSA) is 92.4 Å². The molecule has 1 N–H and O–H groups in total. The van der Waals surface area contributed by atoms with Crippen LogP contribution in [0.5, 0.6) is 0 Å². The lowest BCUT2D eigenvalue weighted by Crippen LogP contribution is -2.34. The summed E-state index contributed by atoms with van der Waals surface area (Å²) in [6.45, 7) is 2.49. The van der Waals surface area contributed by atoms with Crippen molar-refractivity contribution in [2.24, 2.45) is 0 Å². The summed E-state index contributed by atoms with van der Waals surface area (Å²) < 4.78 is 4.51. The van der Waals surface area contributed by atoms with Crippen LogP contribution < -0.4 is 5.56 Å². The van der Waals surface area contributed by atoms with E-state index in [-0.39, 0.29) is 36.1 Å². The number of nitrogens with one attached hydrogen (secondary N) is 1. The van der Waals surface area contributed by atoms with E-state index in [2.05, 4.69) is 14.7 Å². The van der Waals surface area contributed by atoms with Crippen molar-refractivity contribution < 1.29 is 14.3 Å². The van der Waals surface area contributed by atoms with Crippen LogP contribution in [0, 0.1) is 0 Å². The van der Waals surface area contributed by atoms with Gasteiger partial charge in [0.2, 0.25) is 0 Å². The number of H-pyrrole nitrogens is 1. The normalized spacial score (nSPS) is 9.89. The Balaban J connectivity index is 2.70. The first-order chi connectivity index (χ1) is 8.58. The molecule has 1 aromatic heterocycles. The molecular formula is C11H15N3O4. The maximum atomic E-state index is 12.0. The Hall–Kier alpha value is -2.18. The van der Waals surface area contributed by atoms with E-state index in [1.165, 1.54) is 18.2 Å². The highest BCUT2D eigenvalue weighted by molar-refractivity contribution is 5.92. The van der Waals surface area contributed by atoms with Crippen molar-refractivity contribution in [2.75, 3.05) is 20.2 Å². The molecule has 18 heavy (non-hydrogen) atoms. The monoisotopic (exact) mass is 253 g/mol. The van der Waals surface area contributed by atoms with E-state index < -0.39 is 0 Å². The summed E-state index contributed by atoms with van der Waals surface area (Å²) in [5.74, 6) is -0.715. The molecule has 1 rings (SSSR count). The van der Waals surface area contributed by atoms with Gasteiger partial charge in [-0.25, -0.2) is 4.98 Å². The number of amides is 1. The molecule has 7 heteroatoms. The van der Waals surface area contributed by atoms with Gasteiger partial charge in [0.1, 0.15) is 5.69 Å². The van der Waals surface area contributed by atoms with Gasteiger partial charge in [0.25, 0.3) is 11.5 Å². The average Bonchev–Trinajstić information content (AvgIpc) is 2.39. The zero-order chi connectivity index (χ0) is 13.5. The number of nitrogens with zero attached hydrogens (tertiary/aromatic N) is 2. The molecule has 0 saturated heterocycles. The van der Waals surface area contributed by atoms with Crippen molar-refractivity contribution >= 4 is 11.9 Å². The highest BCUT2D eigenvalue weighted by Gasteiger charge is 2.16. The molecule has 98 valence electrons. The van der Waals surface area contributed by atoms with Gasteiger partial charge in [-0.3, -0.25) is 14.4 Å². The first-order valence-corrected chi connectivity index (χ1v) is 5.49. The van der Waals surface area contributed by atoms with Gasteiger partial charge in [0.15, 0.2) is 0 Å². The van der Waals surface area contributed by atoms with Crippen LogP contribution in [0.4, 0.5) is 0 Å². The van der Waals surface area contributed by atoms with E-state index in [0.29, 0.717) is 6.54 Å². The Morgan fingerprint density at radius 3 is 2.72 bits per heavy atom.